The van der Waals surface area contributed by atoms with Gasteiger partial charge in [-0.2, -0.15) is 0 Å². The molecule has 1 aliphatic heterocycles. The summed E-state index contributed by atoms with van der Waals surface area (Å²) in [5, 5.41) is 10.9. The lowest BCUT2D eigenvalue weighted by Crippen LogP contribution is -2.33. The second-order valence-electron chi connectivity index (χ2n) is 6.05. The van der Waals surface area contributed by atoms with Crippen molar-refractivity contribution in [2.45, 2.75) is 0 Å². The fraction of sp³-hybridized carbons (Fsp3) is 0.100. The van der Waals surface area contributed by atoms with E-state index in [1.54, 1.807) is 30.3 Å². The highest BCUT2D eigenvalue weighted by Gasteiger charge is 2.36. The van der Waals surface area contributed by atoms with Crippen LogP contribution in [0.25, 0.3) is 6.08 Å². The molecule has 0 bridgehead atoms. The third-order valence-electron chi connectivity index (χ3n) is 3.84. The lowest BCUT2D eigenvalue weighted by atomic mass is 10.2. The fourth-order valence-corrected chi connectivity index (χ4v) is 3.86. The van der Waals surface area contributed by atoms with E-state index < -0.39 is 23.7 Å². The maximum Gasteiger partial charge on any atom is 0.323 e. The fourth-order valence-electron chi connectivity index (χ4n) is 2.51. The highest BCUT2D eigenvalue weighted by atomic mass is 79.9. The minimum Gasteiger partial charge on any atom is -0.483 e. The number of carboxylic acid groups (broad SMARTS) is 1. The lowest BCUT2D eigenvalue weighted by Gasteiger charge is -2.10. The summed E-state index contributed by atoms with van der Waals surface area (Å²) < 4.78 is 6.06. The van der Waals surface area contributed by atoms with E-state index in [1.165, 1.54) is 6.08 Å². The summed E-state index contributed by atoms with van der Waals surface area (Å²) in [6.45, 7) is -0.871. The molecule has 3 rings (SSSR count). The van der Waals surface area contributed by atoms with Crippen LogP contribution in [0.2, 0.25) is 0 Å². The Morgan fingerprint density at radius 1 is 1.17 bits per heavy atom. The van der Waals surface area contributed by atoms with Gasteiger partial charge < -0.3 is 15.2 Å². The number of para-hydroxylation sites is 1. The summed E-state index contributed by atoms with van der Waals surface area (Å²) in [5.74, 6) is -1.81. The maximum absolute atomic E-state index is 12.2. The van der Waals surface area contributed by atoms with Crippen LogP contribution >= 0.6 is 27.7 Å². The smallest absolute Gasteiger partial charge is 0.323 e. The van der Waals surface area contributed by atoms with E-state index in [0.29, 0.717) is 38.1 Å². The van der Waals surface area contributed by atoms with E-state index in [2.05, 4.69) is 21.2 Å². The Balaban J connectivity index is 1.63. The second-order valence-corrected chi connectivity index (χ2v) is 7.90. The van der Waals surface area contributed by atoms with Gasteiger partial charge in [-0.15, -0.1) is 0 Å². The number of halogens is 1. The second kappa shape index (κ2) is 9.59. The van der Waals surface area contributed by atoms with Gasteiger partial charge in [0.05, 0.1) is 9.38 Å². The van der Waals surface area contributed by atoms with Gasteiger partial charge in [0, 0.05) is 5.69 Å². The molecule has 0 aliphatic carbocycles. The van der Waals surface area contributed by atoms with Gasteiger partial charge in [-0.1, -0.05) is 24.3 Å². The molecule has 0 saturated carbocycles. The number of nitrogens with one attached hydrogen (secondary N) is 1. The van der Waals surface area contributed by atoms with Gasteiger partial charge in [-0.3, -0.25) is 24.1 Å². The molecule has 30 heavy (non-hydrogen) atoms. The van der Waals surface area contributed by atoms with Crippen molar-refractivity contribution in [2.75, 3.05) is 18.5 Å². The minimum atomic E-state index is -1.26. The molecule has 0 radical (unpaired) electrons. The molecule has 1 saturated heterocycles. The van der Waals surface area contributed by atoms with Crippen LogP contribution in [-0.4, -0.2) is 46.2 Å². The topological polar surface area (TPSA) is 113 Å². The molecule has 2 aromatic carbocycles. The third kappa shape index (κ3) is 5.49. The number of rotatable bonds is 7. The van der Waals surface area contributed by atoms with E-state index in [1.807, 2.05) is 18.2 Å². The van der Waals surface area contributed by atoms with E-state index in [0.717, 1.165) is 0 Å². The molecule has 1 fully saturated rings. The Morgan fingerprint density at radius 2 is 1.90 bits per heavy atom. The van der Waals surface area contributed by atoms with Gasteiger partial charge in [-0.05, 0) is 63.6 Å². The molecular weight excluding hydrogens is 476 g/mol. The summed E-state index contributed by atoms with van der Waals surface area (Å²) in [6.07, 6.45) is 1.49. The first-order chi connectivity index (χ1) is 14.3. The van der Waals surface area contributed by atoms with Gasteiger partial charge in [0.15, 0.2) is 6.61 Å². The first kappa shape index (κ1) is 21.6. The van der Waals surface area contributed by atoms with Crippen molar-refractivity contribution in [1.82, 2.24) is 4.90 Å². The van der Waals surface area contributed by atoms with Crippen molar-refractivity contribution in [1.29, 1.82) is 0 Å². The van der Waals surface area contributed by atoms with Gasteiger partial charge in [0.2, 0.25) is 0 Å². The van der Waals surface area contributed by atoms with E-state index in [9.17, 15) is 19.2 Å². The molecule has 1 heterocycles. The molecule has 10 heteroatoms. The predicted octanol–water partition coefficient (Wildman–Crippen LogP) is 3.59. The molecule has 2 N–H and O–H groups in total. The lowest BCUT2D eigenvalue weighted by molar-refractivity contribution is -0.140. The van der Waals surface area contributed by atoms with Crippen LogP contribution in [0.1, 0.15) is 5.56 Å². The number of imide groups is 1. The van der Waals surface area contributed by atoms with Gasteiger partial charge in [-0.25, -0.2) is 0 Å². The van der Waals surface area contributed by atoms with Gasteiger partial charge in [0.25, 0.3) is 17.1 Å². The summed E-state index contributed by atoms with van der Waals surface area (Å²) in [4.78, 5) is 47.6. The van der Waals surface area contributed by atoms with E-state index in [-0.39, 0.29) is 17.4 Å². The molecule has 1 aliphatic rings. The number of anilines is 1. The van der Waals surface area contributed by atoms with E-state index in [4.69, 9.17) is 9.84 Å². The Hall–Kier alpha value is -3.11. The van der Waals surface area contributed by atoms with Crippen LogP contribution in [0.3, 0.4) is 0 Å². The molecule has 0 spiro atoms. The molecular formula is C20H15BrN2O6S. The quantitative estimate of drug-likeness (QED) is 0.570. The average Bonchev–Trinajstić information content (AvgIpc) is 2.95. The van der Waals surface area contributed by atoms with Crippen molar-refractivity contribution in [3.05, 3.63) is 63.5 Å². The molecule has 8 nitrogen and oxygen atoms in total. The highest BCUT2D eigenvalue weighted by Crippen LogP contribution is 2.33. The zero-order valence-corrected chi connectivity index (χ0v) is 17.7. The van der Waals surface area contributed by atoms with Crippen LogP contribution in [0.5, 0.6) is 5.75 Å². The molecule has 0 atom stereocenters. The van der Waals surface area contributed by atoms with Crippen LogP contribution in [0.15, 0.2) is 57.9 Å². The van der Waals surface area contributed by atoms with Crippen molar-refractivity contribution in [3.63, 3.8) is 0 Å². The summed E-state index contributed by atoms with van der Waals surface area (Å²) in [7, 11) is 0. The number of nitrogens with zero attached hydrogens (tertiary/aromatic N) is 1. The van der Waals surface area contributed by atoms with Crippen LogP contribution in [0.4, 0.5) is 10.5 Å². The molecule has 0 unspecified atom stereocenters. The third-order valence-corrected chi connectivity index (χ3v) is 5.36. The number of carbonyl (C=O) groups excluding carboxylic acids is 3. The molecule has 0 aromatic heterocycles. The standard InChI is InChI=1S/C20H15BrN2O6S/c21-14-8-12(9-16-19(27)23(10-18(25)26)20(28)30-16)6-7-15(14)29-11-17(24)22-13-4-2-1-3-5-13/h1-9H,10-11H2,(H,22,24)(H,25,26)/b16-9+. The van der Waals surface area contributed by atoms with Crippen molar-refractivity contribution < 1.29 is 29.0 Å². The number of aliphatic carboxylic acids is 1. The van der Waals surface area contributed by atoms with Crippen molar-refractivity contribution >= 4 is 62.5 Å². The number of hydrogen-bond donors (Lipinski definition) is 2. The van der Waals surface area contributed by atoms with Crippen molar-refractivity contribution in [3.8, 4) is 5.75 Å². The zero-order chi connectivity index (χ0) is 21.7. The first-order valence-electron chi connectivity index (χ1n) is 8.58. The SMILES string of the molecule is O=C(O)CN1C(=O)S/C(=C/c2ccc(OCC(=O)Nc3ccccc3)c(Br)c2)C1=O. The number of ether oxygens (including phenoxy) is 1. The normalized spacial score (nSPS) is 14.8. The number of carboxylic acids is 1. The zero-order valence-electron chi connectivity index (χ0n) is 15.3. The Labute approximate surface area is 184 Å². The van der Waals surface area contributed by atoms with Crippen LogP contribution in [0, 0.1) is 0 Å². The Morgan fingerprint density at radius 3 is 2.57 bits per heavy atom. The molecule has 3 amide bonds. The predicted molar refractivity (Wildman–Crippen MR) is 115 cm³/mol. The van der Waals surface area contributed by atoms with E-state index >= 15 is 0 Å². The van der Waals surface area contributed by atoms with Gasteiger partial charge >= 0.3 is 5.97 Å². The number of carbonyl (C=O) groups is 4. The Kier molecular flexibility index (Phi) is 6.91. The minimum absolute atomic E-state index is 0.129. The number of thioether (sulfide) groups is 1. The number of hydrogen-bond acceptors (Lipinski definition) is 6. The summed E-state index contributed by atoms with van der Waals surface area (Å²) in [6, 6.07) is 13.9. The van der Waals surface area contributed by atoms with Crippen LogP contribution < -0.4 is 10.1 Å². The highest BCUT2D eigenvalue weighted by molar-refractivity contribution is 9.10. The largest absolute Gasteiger partial charge is 0.483 e. The first-order valence-corrected chi connectivity index (χ1v) is 10.2. The number of benzene rings is 2. The van der Waals surface area contributed by atoms with Gasteiger partial charge in [0.1, 0.15) is 12.3 Å². The number of amides is 3. The maximum atomic E-state index is 12.2. The molecule has 2 aromatic rings. The average molecular weight is 491 g/mol. The molecule has 154 valence electrons. The van der Waals surface area contributed by atoms with Crippen LogP contribution in [-0.2, 0) is 14.4 Å². The van der Waals surface area contributed by atoms with Crippen molar-refractivity contribution in [2.24, 2.45) is 0 Å². The summed E-state index contributed by atoms with van der Waals surface area (Å²) >= 11 is 4.03. The summed E-state index contributed by atoms with van der Waals surface area (Å²) in [5.41, 5.74) is 1.26. The monoisotopic (exact) mass is 490 g/mol. The Bertz CT molecular complexity index is 1040.